The largest absolute Gasteiger partial charge is 0.393 e. The lowest BCUT2D eigenvalue weighted by molar-refractivity contribution is 0.0864. The summed E-state index contributed by atoms with van der Waals surface area (Å²) >= 11 is 0. The molecule has 2 atom stereocenters. The fraction of sp³-hybridized carbons (Fsp3) is 1.00. The molecule has 2 unspecified atom stereocenters. The molecule has 2 heterocycles. The molecule has 106 valence electrons. The standard InChI is InChI=1S/C15H30N2O/c1-13-7-8-15(2,11-16-13)12-17-9-3-5-14(18)6-4-10-17/h13-14,16,18H,3-12H2,1-2H3. The average Bonchev–Trinajstić information content (AvgIpc) is 2.30. The summed E-state index contributed by atoms with van der Waals surface area (Å²) in [4.78, 5) is 2.63. The molecule has 2 rings (SSSR count). The van der Waals surface area contributed by atoms with Crippen LogP contribution in [0.4, 0.5) is 0 Å². The molecule has 2 aliphatic rings. The molecule has 0 radical (unpaired) electrons. The first-order valence-electron chi connectivity index (χ1n) is 7.71. The van der Waals surface area contributed by atoms with Gasteiger partial charge < -0.3 is 15.3 Å². The Balaban J connectivity index is 1.80. The van der Waals surface area contributed by atoms with Gasteiger partial charge in [0.15, 0.2) is 0 Å². The Hall–Kier alpha value is -0.120. The van der Waals surface area contributed by atoms with Crippen molar-refractivity contribution >= 4 is 0 Å². The Bertz CT molecular complexity index is 239. The summed E-state index contributed by atoms with van der Waals surface area (Å²) in [7, 11) is 0. The van der Waals surface area contributed by atoms with E-state index in [1.54, 1.807) is 0 Å². The first kappa shape index (κ1) is 14.3. The second kappa shape index (κ2) is 6.36. The molecular formula is C15H30N2O. The van der Waals surface area contributed by atoms with Gasteiger partial charge in [0.2, 0.25) is 0 Å². The molecule has 0 spiro atoms. The molecule has 3 heteroatoms. The molecule has 0 bridgehead atoms. The van der Waals surface area contributed by atoms with Crippen molar-refractivity contribution < 1.29 is 5.11 Å². The summed E-state index contributed by atoms with van der Waals surface area (Å²) in [5.74, 6) is 0. The monoisotopic (exact) mass is 254 g/mol. The van der Waals surface area contributed by atoms with Crippen LogP contribution in [0.15, 0.2) is 0 Å². The number of aliphatic hydroxyl groups is 1. The van der Waals surface area contributed by atoms with Crippen molar-refractivity contribution in [1.82, 2.24) is 10.2 Å². The molecule has 0 saturated carbocycles. The number of likely N-dealkylation sites (tertiary alicyclic amines) is 1. The van der Waals surface area contributed by atoms with Crippen molar-refractivity contribution in [2.24, 2.45) is 5.41 Å². The number of hydrogen-bond donors (Lipinski definition) is 2. The van der Waals surface area contributed by atoms with E-state index in [4.69, 9.17) is 0 Å². The van der Waals surface area contributed by atoms with E-state index in [9.17, 15) is 5.11 Å². The third-order valence-electron chi connectivity index (χ3n) is 4.69. The number of aliphatic hydroxyl groups excluding tert-OH is 1. The second-order valence-electron chi connectivity index (χ2n) is 6.85. The van der Waals surface area contributed by atoms with Gasteiger partial charge in [-0.2, -0.15) is 0 Å². The molecule has 2 saturated heterocycles. The fourth-order valence-electron chi connectivity index (χ4n) is 3.37. The van der Waals surface area contributed by atoms with E-state index in [0.29, 0.717) is 11.5 Å². The van der Waals surface area contributed by atoms with Gasteiger partial charge in [0.05, 0.1) is 6.10 Å². The predicted octanol–water partition coefficient (Wildman–Crippen LogP) is 2.00. The SMILES string of the molecule is CC1CCC(C)(CN2CCCC(O)CCC2)CN1. The van der Waals surface area contributed by atoms with Gasteiger partial charge in [-0.25, -0.2) is 0 Å². The van der Waals surface area contributed by atoms with E-state index in [1.807, 2.05) is 0 Å². The van der Waals surface area contributed by atoms with E-state index >= 15 is 0 Å². The molecule has 0 aromatic rings. The Kier molecular flexibility index (Phi) is 5.05. The zero-order valence-electron chi connectivity index (χ0n) is 12.1. The Morgan fingerprint density at radius 1 is 1.22 bits per heavy atom. The number of rotatable bonds is 2. The van der Waals surface area contributed by atoms with Crippen molar-refractivity contribution in [1.29, 1.82) is 0 Å². The Labute approximate surface area is 112 Å². The zero-order chi connectivity index (χ0) is 13.0. The summed E-state index contributed by atoms with van der Waals surface area (Å²) in [5, 5.41) is 13.3. The van der Waals surface area contributed by atoms with E-state index in [0.717, 1.165) is 32.2 Å². The summed E-state index contributed by atoms with van der Waals surface area (Å²) in [6, 6.07) is 0.695. The van der Waals surface area contributed by atoms with Gasteiger partial charge in [0.25, 0.3) is 0 Å². The number of nitrogens with zero attached hydrogens (tertiary/aromatic N) is 1. The molecule has 2 N–H and O–H groups in total. The number of nitrogens with one attached hydrogen (secondary N) is 1. The van der Waals surface area contributed by atoms with Crippen LogP contribution in [0.1, 0.15) is 52.4 Å². The highest BCUT2D eigenvalue weighted by molar-refractivity contribution is 4.87. The highest BCUT2D eigenvalue weighted by Gasteiger charge is 2.31. The van der Waals surface area contributed by atoms with Crippen LogP contribution in [0, 0.1) is 5.41 Å². The van der Waals surface area contributed by atoms with Crippen LogP contribution in [-0.2, 0) is 0 Å². The lowest BCUT2D eigenvalue weighted by Gasteiger charge is -2.41. The maximum absolute atomic E-state index is 9.67. The van der Waals surface area contributed by atoms with Crippen LogP contribution in [0.5, 0.6) is 0 Å². The predicted molar refractivity (Wildman–Crippen MR) is 75.7 cm³/mol. The van der Waals surface area contributed by atoms with E-state index in [-0.39, 0.29) is 6.10 Å². The lowest BCUT2D eigenvalue weighted by atomic mass is 9.80. The van der Waals surface area contributed by atoms with Crippen molar-refractivity contribution in [3.05, 3.63) is 0 Å². The van der Waals surface area contributed by atoms with Gasteiger partial charge in [0, 0.05) is 19.1 Å². The smallest absolute Gasteiger partial charge is 0.0541 e. The molecular weight excluding hydrogens is 224 g/mol. The van der Waals surface area contributed by atoms with E-state index in [2.05, 4.69) is 24.1 Å². The van der Waals surface area contributed by atoms with Crippen LogP contribution in [-0.4, -0.2) is 48.3 Å². The molecule has 0 aromatic heterocycles. The van der Waals surface area contributed by atoms with Crippen molar-refractivity contribution in [2.45, 2.75) is 64.5 Å². The first-order valence-corrected chi connectivity index (χ1v) is 7.71. The van der Waals surface area contributed by atoms with Gasteiger partial charge in [-0.1, -0.05) is 6.92 Å². The third kappa shape index (κ3) is 4.22. The van der Waals surface area contributed by atoms with E-state index < -0.39 is 0 Å². The third-order valence-corrected chi connectivity index (χ3v) is 4.69. The topological polar surface area (TPSA) is 35.5 Å². The molecule has 2 fully saturated rings. The normalized spacial score (nSPS) is 37.2. The summed E-state index contributed by atoms with van der Waals surface area (Å²) in [6.07, 6.45) is 6.90. The highest BCUT2D eigenvalue weighted by Crippen LogP contribution is 2.29. The average molecular weight is 254 g/mol. The summed E-state index contributed by atoms with van der Waals surface area (Å²) in [6.45, 7) is 9.44. The minimum absolute atomic E-state index is 0.0417. The molecule has 18 heavy (non-hydrogen) atoms. The van der Waals surface area contributed by atoms with Crippen LogP contribution in [0.3, 0.4) is 0 Å². The first-order chi connectivity index (χ1) is 8.57. The van der Waals surface area contributed by atoms with Crippen molar-refractivity contribution in [3.8, 4) is 0 Å². The molecule has 0 aliphatic carbocycles. The van der Waals surface area contributed by atoms with Gasteiger partial charge in [-0.15, -0.1) is 0 Å². The van der Waals surface area contributed by atoms with Crippen LogP contribution < -0.4 is 5.32 Å². The summed E-state index contributed by atoms with van der Waals surface area (Å²) < 4.78 is 0. The summed E-state index contributed by atoms with van der Waals surface area (Å²) in [5.41, 5.74) is 0.449. The maximum Gasteiger partial charge on any atom is 0.0541 e. The van der Waals surface area contributed by atoms with Gasteiger partial charge in [0.1, 0.15) is 0 Å². The van der Waals surface area contributed by atoms with Crippen molar-refractivity contribution in [3.63, 3.8) is 0 Å². The fourth-order valence-corrected chi connectivity index (χ4v) is 3.37. The minimum atomic E-state index is -0.0417. The molecule has 0 aromatic carbocycles. The highest BCUT2D eigenvalue weighted by atomic mass is 16.3. The maximum atomic E-state index is 9.67. The number of piperidine rings is 1. The van der Waals surface area contributed by atoms with Gasteiger partial charge in [-0.05, 0) is 64.0 Å². The van der Waals surface area contributed by atoms with Crippen molar-refractivity contribution in [2.75, 3.05) is 26.2 Å². The Morgan fingerprint density at radius 2 is 1.89 bits per heavy atom. The Morgan fingerprint density at radius 3 is 2.44 bits per heavy atom. The van der Waals surface area contributed by atoms with Gasteiger partial charge >= 0.3 is 0 Å². The van der Waals surface area contributed by atoms with Gasteiger partial charge in [-0.3, -0.25) is 0 Å². The molecule has 3 nitrogen and oxygen atoms in total. The van der Waals surface area contributed by atoms with Crippen LogP contribution in [0.2, 0.25) is 0 Å². The van der Waals surface area contributed by atoms with E-state index in [1.165, 1.54) is 32.5 Å². The number of hydrogen-bond acceptors (Lipinski definition) is 3. The van der Waals surface area contributed by atoms with Crippen LogP contribution >= 0.6 is 0 Å². The van der Waals surface area contributed by atoms with Crippen LogP contribution in [0.25, 0.3) is 0 Å². The quantitative estimate of drug-likeness (QED) is 0.791. The molecule has 2 aliphatic heterocycles. The minimum Gasteiger partial charge on any atom is -0.393 e. The zero-order valence-corrected chi connectivity index (χ0v) is 12.1. The second-order valence-corrected chi connectivity index (χ2v) is 6.85. The lowest BCUT2D eigenvalue weighted by Crippen LogP contribution is -2.49. The molecule has 0 amide bonds.